The van der Waals surface area contributed by atoms with Crippen LogP contribution >= 0.6 is 0 Å². The Morgan fingerprint density at radius 2 is 0.733 bits per heavy atom. The van der Waals surface area contributed by atoms with Gasteiger partial charge in [0.25, 0.3) is 0 Å². The van der Waals surface area contributed by atoms with Crippen LogP contribution in [0, 0.1) is 11.8 Å². The molecule has 0 saturated carbocycles. The SMILES string of the molecule is CCCCCCCC(=O)OC[C@H](COC(=O)CCCCCCCCCC(C)C)OC(=O)CCCCCCCCCCCC(C)C. The van der Waals surface area contributed by atoms with Crippen molar-refractivity contribution < 1.29 is 28.6 Å². The van der Waals surface area contributed by atoms with Gasteiger partial charge in [-0.1, -0.05) is 163 Å². The molecule has 0 rings (SSSR count). The number of hydrogen-bond donors (Lipinski definition) is 0. The molecule has 6 nitrogen and oxygen atoms in total. The molecule has 266 valence electrons. The first-order valence-electron chi connectivity index (χ1n) is 19.2. The van der Waals surface area contributed by atoms with Gasteiger partial charge in [-0.05, 0) is 31.1 Å². The lowest BCUT2D eigenvalue weighted by Crippen LogP contribution is -2.30. The minimum absolute atomic E-state index is 0.0681. The Balaban J connectivity index is 4.29. The fourth-order valence-corrected chi connectivity index (χ4v) is 5.52. The summed E-state index contributed by atoms with van der Waals surface area (Å²) in [4.78, 5) is 37.2. The minimum Gasteiger partial charge on any atom is -0.462 e. The number of unbranched alkanes of at least 4 members (excludes halogenated alkanes) is 18. The molecular weight excluding hydrogens is 564 g/mol. The number of carbonyl (C=O) groups is 3. The van der Waals surface area contributed by atoms with Gasteiger partial charge in [0.05, 0.1) is 0 Å². The summed E-state index contributed by atoms with van der Waals surface area (Å²) >= 11 is 0. The molecule has 0 aliphatic carbocycles. The first kappa shape index (κ1) is 43.4. The van der Waals surface area contributed by atoms with Gasteiger partial charge in [-0.15, -0.1) is 0 Å². The average Bonchev–Trinajstić information content (AvgIpc) is 2.99. The molecule has 45 heavy (non-hydrogen) atoms. The molecule has 0 spiro atoms. The van der Waals surface area contributed by atoms with Crippen LogP contribution in [0.3, 0.4) is 0 Å². The van der Waals surface area contributed by atoms with Crippen molar-refractivity contribution in [3.05, 3.63) is 0 Å². The highest BCUT2D eigenvalue weighted by atomic mass is 16.6. The van der Waals surface area contributed by atoms with Crippen LogP contribution in [-0.4, -0.2) is 37.2 Å². The monoisotopic (exact) mass is 639 g/mol. The summed E-state index contributed by atoms with van der Waals surface area (Å²) in [6.45, 7) is 11.1. The van der Waals surface area contributed by atoms with E-state index in [0.717, 1.165) is 76.0 Å². The van der Waals surface area contributed by atoms with Crippen LogP contribution in [0.1, 0.15) is 202 Å². The number of carbonyl (C=O) groups excluding carboxylic acids is 3. The second-order valence-corrected chi connectivity index (χ2v) is 14.2. The molecule has 0 aromatic heterocycles. The van der Waals surface area contributed by atoms with Crippen LogP contribution in [0.25, 0.3) is 0 Å². The predicted octanol–water partition coefficient (Wildman–Crippen LogP) is 11.5. The van der Waals surface area contributed by atoms with Crippen LogP contribution < -0.4 is 0 Å². The standard InChI is InChI=1S/C39H74O6/c1-6-7-8-17-24-29-37(40)43-32-36(33-44-38(41)30-25-20-16-12-14-19-23-28-35(4)5)45-39(42)31-26-21-15-11-9-10-13-18-22-27-34(2)3/h34-36H,6-33H2,1-5H3/t36-/m1/s1. The summed E-state index contributed by atoms with van der Waals surface area (Å²) in [5, 5.41) is 0. The lowest BCUT2D eigenvalue weighted by Gasteiger charge is -2.18. The van der Waals surface area contributed by atoms with Gasteiger partial charge < -0.3 is 14.2 Å². The lowest BCUT2D eigenvalue weighted by atomic mass is 10.0. The van der Waals surface area contributed by atoms with E-state index < -0.39 is 6.10 Å². The molecule has 1 atom stereocenters. The summed E-state index contributed by atoms with van der Waals surface area (Å²) in [5.41, 5.74) is 0. The third-order valence-corrected chi connectivity index (χ3v) is 8.47. The minimum atomic E-state index is -0.757. The highest BCUT2D eigenvalue weighted by Gasteiger charge is 2.19. The topological polar surface area (TPSA) is 78.9 Å². The van der Waals surface area contributed by atoms with E-state index in [1.807, 2.05) is 0 Å². The Hall–Kier alpha value is -1.59. The van der Waals surface area contributed by atoms with Crippen molar-refractivity contribution in [2.75, 3.05) is 13.2 Å². The smallest absolute Gasteiger partial charge is 0.306 e. The molecule has 0 unspecified atom stereocenters. The molecule has 6 heteroatoms. The van der Waals surface area contributed by atoms with E-state index in [1.54, 1.807) is 0 Å². The Bertz CT molecular complexity index is 689. The molecule has 0 bridgehead atoms. The maximum atomic E-state index is 12.6. The van der Waals surface area contributed by atoms with E-state index in [2.05, 4.69) is 34.6 Å². The van der Waals surface area contributed by atoms with E-state index in [9.17, 15) is 14.4 Å². The van der Waals surface area contributed by atoms with Gasteiger partial charge >= 0.3 is 17.9 Å². The molecule has 0 aliphatic heterocycles. The van der Waals surface area contributed by atoms with Crippen LogP contribution in [0.2, 0.25) is 0 Å². The molecule has 0 fully saturated rings. The van der Waals surface area contributed by atoms with Gasteiger partial charge in [-0.3, -0.25) is 14.4 Å². The van der Waals surface area contributed by atoms with Crippen molar-refractivity contribution in [1.82, 2.24) is 0 Å². The number of ether oxygens (including phenoxy) is 3. The molecule has 0 radical (unpaired) electrons. The zero-order valence-electron chi connectivity index (χ0n) is 30.5. The second-order valence-electron chi connectivity index (χ2n) is 14.2. The van der Waals surface area contributed by atoms with Crippen LogP contribution in [0.4, 0.5) is 0 Å². The third kappa shape index (κ3) is 33.6. The summed E-state index contributed by atoms with van der Waals surface area (Å²) in [6.07, 6.45) is 27.0. The van der Waals surface area contributed by atoms with E-state index in [0.29, 0.717) is 19.3 Å². The van der Waals surface area contributed by atoms with Crippen molar-refractivity contribution >= 4 is 17.9 Å². The van der Waals surface area contributed by atoms with Crippen LogP contribution in [-0.2, 0) is 28.6 Å². The van der Waals surface area contributed by atoms with E-state index in [-0.39, 0.29) is 31.1 Å². The summed E-state index contributed by atoms with van der Waals surface area (Å²) in [6, 6.07) is 0. The van der Waals surface area contributed by atoms with Crippen molar-refractivity contribution in [2.45, 2.75) is 208 Å². The van der Waals surface area contributed by atoms with Crippen molar-refractivity contribution in [3.8, 4) is 0 Å². The number of esters is 3. The van der Waals surface area contributed by atoms with Gasteiger partial charge in [-0.2, -0.15) is 0 Å². The third-order valence-electron chi connectivity index (χ3n) is 8.47. The largest absolute Gasteiger partial charge is 0.462 e. The predicted molar refractivity (Wildman–Crippen MR) is 187 cm³/mol. The quantitative estimate of drug-likeness (QED) is 0.0404. The Morgan fingerprint density at radius 3 is 1.09 bits per heavy atom. The zero-order chi connectivity index (χ0) is 33.4. The number of hydrogen-bond acceptors (Lipinski definition) is 6. The molecule has 0 saturated heterocycles. The summed E-state index contributed by atoms with van der Waals surface area (Å²) in [7, 11) is 0. The second kappa shape index (κ2) is 32.4. The maximum absolute atomic E-state index is 12.6. The highest BCUT2D eigenvalue weighted by molar-refractivity contribution is 5.71. The van der Waals surface area contributed by atoms with Crippen LogP contribution in [0.15, 0.2) is 0 Å². The van der Waals surface area contributed by atoms with Gasteiger partial charge in [0.1, 0.15) is 13.2 Å². The lowest BCUT2D eigenvalue weighted by molar-refractivity contribution is -0.167. The average molecular weight is 639 g/mol. The fourth-order valence-electron chi connectivity index (χ4n) is 5.52. The highest BCUT2D eigenvalue weighted by Crippen LogP contribution is 2.15. The molecule has 0 aliphatic rings. The van der Waals surface area contributed by atoms with E-state index in [1.165, 1.54) is 83.5 Å². The summed E-state index contributed by atoms with van der Waals surface area (Å²) in [5.74, 6) is 0.703. The molecular formula is C39H74O6. The van der Waals surface area contributed by atoms with Gasteiger partial charge in [-0.25, -0.2) is 0 Å². The fraction of sp³-hybridized carbons (Fsp3) is 0.923. The van der Waals surface area contributed by atoms with Crippen LogP contribution in [0.5, 0.6) is 0 Å². The molecule has 0 amide bonds. The van der Waals surface area contributed by atoms with Gasteiger partial charge in [0, 0.05) is 19.3 Å². The Morgan fingerprint density at radius 1 is 0.422 bits per heavy atom. The number of rotatable bonds is 33. The maximum Gasteiger partial charge on any atom is 0.306 e. The normalized spacial score (nSPS) is 12.1. The first-order valence-corrected chi connectivity index (χ1v) is 19.2. The van der Waals surface area contributed by atoms with E-state index in [4.69, 9.17) is 14.2 Å². The first-order chi connectivity index (χ1) is 21.7. The van der Waals surface area contributed by atoms with Gasteiger partial charge in [0.15, 0.2) is 6.10 Å². The van der Waals surface area contributed by atoms with E-state index >= 15 is 0 Å². The summed E-state index contributed by atoms with van der Waals surface area (Å²) < 4.78 is 16.5. The van der Waals surface area contributed by atoms with Gasteiger partial charge in [0.2, 0.25) is 0 Å². The molecule has 0 heterocycles. The molecule has 0 N–H and O–H groups in total. The van der Waals surface area contributed by atoms with Crippen molar-refractivity contribution in [3.63, 3.8) is 0 Å². The molecule has 0 aromatic rings. The molecule has 0 aromatic carbocycles. The van der Waals surface area contributed by atoms with Crippen molar-refractivity contribution in [2.24, 2.45) is 11.8 Å². The zero-order valence-corrected chi connectivity index (χ0v) is 30.5. The Kier molecular flexibility index (Phi) is 31.2. The Labute approximate surface area is 278 Å². The van der Waals surface area contributed by atoms with Crippen molar-refractivity contribution in [1.29, 1.82) is 0 Å².